The monoisotopic (exact) mass is 344 g/mol. The number of nitrogens with zero attached hydrogens (tertiary/aromatic N) is 1. The van der Waals surface area contributed by atoms with E-state index in [2.05, 4.69) is 23.5 Å². The lowest BCUT2D eigenvalue weighted by Gasteiger charge is -2.39. The quantitative estimate of drug-likeness (QED) is 0.756. The van der Waals surface area contributed by atoms with Crippen LogP contribution in [0.15, 0.2) is 60.7 Å². The van der Waals surface area contributed by atoms with Crippen molar-refractivity contribution >= 4 is 22.4 Å². The van der Waals surface area contributed by atoms with Gasteiger partial charge in [-0.2, -0.15) is 0 Å². The summed E-state index contributed by atoms with van der Waals surface area (Å²) in [7, 11) is 1.69. The average Bonchev–Trinajstić information content (AvgIpc) is 3.52. The van der Waals surface area contributed by atoms with Crippen LogP contribution in [0.1, 0.15) is 34.9 Å². The van der Waals surface area contributed by atoms with Gasteiger partial charge in [0, 0.05) is 17.3 Å². The highest BCUT2D eigenvalue weighted by atomic mass is 16.5. The maximum atomic E-state index is 13.3. The highest BCUT2D eigenvalue weighted by molar-refractivity contribution is 6.03. The van der Waals surface area contributed by atoms with E-state index in [0.717, 1.165) is 46.2 Å². The molecule has 0 aromatic heterocycles. The van der Waals surface area contributed by atoms with E-state index < -0.39 is 0 Å². The minimum atomic E-state index is -0.231. The van der Waals surface area contributed by atoms with Crippen molar-refractivity contribution in [2.75, 3.05) is 12.4 Å². The summed E-state index contributed by atoms with van der Waals surface area (Å²) in [5.74, 6) is 0.904. The van der Waals surface area contributed by atoms with Gasteiger partial charge < -0.3 is 15.0 Å². The number of fused-ring (bicyclic) bond motifs is 2. The van der Waals surface area contributed by atoms with Gasteiger partial charge in [0.05, 0.1) is 12.7 Å². The Morgan fingerprint density at radius 1 is 1.00 bits per heavy atom. The Hall–Kier alpha value is -3.01. The second kappa shape index (κ2) is 5.77. The summed E-state index contributed by atoms with van der Waals surface area (Å²) in [4.78, 5) is 15.3. The van der Waals surface area contributed by atoms with Crippen LogP contribution in [0, 0.1) is 0 Å². The molecule has 1 N–H and O–H groups in total. The van der Waals surface area contributed by atoms with Gasteiger partial charge in [-0.1, -0.05) is 42.5 Å². The number of para-hydroxylation sites is 1. The van der Waals surface area contributed by atoms with Crippen LogP contribution in [0.5, 0.6) is 5.75 Å². The number of carbonyl (C=O) groups is 1. The number of hydrogen-bond acceptors (Lipinski definition) is 3. The van der Waals surface area contributed by atoms with Crippen molar-refractivity contribution in [3.63, 3.8) is 0 Å². The van der Waals surface area contributed by atoms with Crippen molar-refractivity contribution in [1.29, 1.82) is 0 Å². The molecule has 1 atom stereocenters. The molecule has 3 aromatic rings. The van der Waals surface area contributed by atoms with Crippen molar-refractivity contribution in [2.45, 2.75) is 25.0 Å². The molecule has 1 aliphatic carbocycles. The zero-order valence-electron chi connectivity index (χ0n) is 14.6. The lowest BCUT2D eigenvalue weighted by Crippen LogP contribution is -2.44. The number of anilines is 1. The molecule has 0 spiro atoms. The molecule has 5 rings (SSSR count). The van der Waals surface area contributed by atoms with E-state index in [-0.39, 0.29) is 18.1 Å². The number of nitrogens with one attached hydrogen (secondary N) is 1. The third-order valence-electron chi connectivity index (χ3n) is 5.33. The van der Waals surface area contributed by atoms with Gasteiger partial charge >= 0.3 is 0 Å². The van der Waals surface area contributed by atoms with Gasteiger partial charge in [0.15, 0.2) is 0 Å². The van der Waals surface area contributed by atoms with Crippen molar-refractivity contribution in [1.82, 2.24) is 4.90 Å². The minimum absolute atomic E-state index is 0.0989. The Morgan fingerprint density at radius 2 is 1.77 bits per heavy atom. The minimum Gasteiger partial charge on any atom is -0.496 e. The molecular weight excluding hydrogens is 324 g/mol. The maximum Gasteiger partial charge on any atom is 0.258 e. The molecule has 4 heteroatoms. The standard InChI is InChI=1S/C22H20N2O2/c1-26-19-13-10-14-6-2-3-7-16(14)20(19)21-23-18-9-5-4-8-17(18)22(25)24(21)15-11-12-15/h2-10,13,15,21,23H,11-12H2,1H3. The fourth-order valence-electron chi connectivity index (χ4n) is 3.94. The van der Waals surface area contributed by atoms with E-state index in [4.69, 9.17) is 4.74 Å². The van der Waals surface area contributed by atoms with Crippen molar-refractivity contribution < 1.29 is 9.53 Å². The molecule has 4 nitrogen and oxygen atoms in total. The molecule has 1 amide bonds. The van der Waals surface area contributed by atoms with E-state index in [1.807, 2.05) is 47.4 Å². The van der Waals surface area contributed by atoms with Gasteiger partial charge in [-0.25, -0.2) is 0 Å². The molecule has 3 aromatic carbocycles. The lowest BCUT2D eigenvalue weighted by atomic mass is 9.97. The molecule has 1 unspecified atom stereocenters. The number of carbonyl (C=O) groups excluding carboxylic acids is 1. The second-order valence-corrected chi connectivity index (χ2v) is 6.94. The van der Waals surface area contributed by atoms with Gasteiger partial charge in [0.25, 0.3) is 5.91 Å². The maximum absolute atomic E-state index is 13.3. The van der Waals surface area contributed by atoms with E-state index in [1.54, 1.807) is 7.11 Å². The molecule has 2 aliphatic rings. The summed E-state index contributed by atoms with van der Waals surface area (Å²) in [5, 5.41) is 5.87. The van der Waals surface area contributed by atoms with E-state index in [9.17, 15) is 4.79 Å². The molecule has 1 fully saturated rings. The van der Waals surface area contributed by atoms with Gasteiger partial charge in [-0.05, 0) is 41.8 Å². The normalized spacial score (nSPS) is 19.2. The highest BCUT2D eigenvalue weighted by Gasteiger charge is 2.43. The number of ether oxygens (including phenoxy) is 1. The van der Waals surface area contributed by atoms with Crippen molar-refractivity contribution in [3.05, 3.63) is 71.8 Å². The Kier molecular flexibility index (Phi) is 3.38. The summed E-state index contributed by atoms with van der Waals surface area (Å²) in [5.41, 5.74) is 2.66. The first-order valence-electron chi connectivity index (χ1n) is 9.02. The largest absolute Gasteiger partial charge is 0.496 e. The number of amides is 1. The van der Waals surface area contributed by atoms with Crippen LogP contribution >= 0.6 is 0 Å². The van der Waals surface area contributed by atoms with Crippen LogP contribution in [-0.4, -0.2) is 24.0 Å². The molecule has 0 radical (unpaired) electrons. The van der Waals surface area contributed by atoms with Gasteiger partial charge in [-0.3, -0.25) is 4.79 Å². The molecule has 1 saturated carbocycles. The number of rotatable bonds is 3. The van der Waals surface area contributed by atoms with Crippen LogP contribution in [0.3, 0.4) is 0 Å². The summed E-state index contributed by atoms with van der Waals surface area (Å²) in [6.45, 7) is 0. The van der Waals surface area contributed by atoms with Crippen LogP contribution in [0.4, 0.5) is 5.69 Å². The predicted octanol–water partition coefficient (Wildman–Crippen LogP) is 4.58. The van der Waals surface area contributed by atoms with Crippen molar-refractivity contribution in [2.24, 2.45) is 0 Å². The lowest BCUT2D eigenvalue weighted by molar-refractivity contribution is 0.0666. The van der Waals surface area contributed by atoms with Crippen LogP contribution < -0.4 is 10.1 Å². The fourth-order valence-corrected chi connectivity index (χ4v) is 3.94. The Labute approximate surface area is 152 Å². The van der Waals surface area contributed by atoms with Crippen LogP contribution in [0.25, 0.3) is 10.8 Å². The molecule has 1 aliphatic heterocycles. The summed E-state index contributed by atoms with van der Waals surface area (Å²) < 4.78 is 5.70. The Bertz CT molecular complexity index is 1010. The molecular formula is C22H20N2O2. The Morgan fingerprint density at radius 3 is 2.58 bits per heavy atom. The molecule has 0 saturated heterocycles. The molecule has 0 bridgehead atoms. The van der Waals surface area contributed by atoms with Crippen LogP contribution in [-0.2, 0) is 0 Å². The number of methoxy groups -OCH3 is 1. The predicted molar refractivity (Wildman–Crippen MR) is 102 cm³/mol. The first-order chi connectivity index (χ1) is 12.8. The Balaban J connectivity index is 1.74. The second-order valence-electron chi connectivity index (χ2n) is 6.94. The molecule has 26 heavy (non-hydrogen) atoms. The van der Waals surface area contributed by atoms with E-state index >= 15 is 0 Å². The topological polar surface area (TPSA) is 41.6 Å². The zero-order valence-corrected chi connectivity index (χ0v) is 14.6. The summed E-state index contributed by atoms with van der Waals surface area (Å²) >= 11 is 0. The SMILES string of the molecule is COc1ccc2ccccc2c1C1Nc2ccccc2C(=O)N1C1CC1. The number of benzene rings is 3. The average molecular weight is 344 g/mol. The van der Waals surface area contributed by atoms with E-state index in [0.29, 0.717) is 0 Å². The number of hydrogen-bond donors (Lipinski definition) is 1. The molecule has 1 heterocycles. The van der Waals surface area contributed by atoms with Gasteiger partial charge in [0.2, 0.25) is 0 Å². The van der Waals surface area contributed by atoms with Crippen LogP contribution in [0.2, 0.25) is 0 Å². The summed E-state index contributed by atoms with van der Waals surface area (Å²) in [6, 6.07) is 20.4. The third-order valence-corrected chi connectivity index (χ3v) is 5.33. The third kappa shape index (κ3) is 2.25. The first kappa shape index (κ1) is 15.3. The van der Waals surface area contributed by atoms with Gasteiger partial charge in [0.1, 0.15) is 11.9 Å². The highest BCUT2D eigenvalue weighted by Crippen LogP contribution is 2.44. The summed E-state index contributed by atoms with van der Waals surface area (Å²) in [6.07, 6.45) is 1.88. The molecule has 130 valence electrons. The van der Waals surface area contributed by atoms with Gasteiger partial charge in [-0.15, -0.1) is 0 Å². The zero-order chi connectivity index (χ0) is 17.7. The fraction of sp³-hybridized carbons (Fsp3) is 0.227. The first-order valence-corrected chi connectivity index (χ1v) is 9.02. The van der Waals surface area contributed by atoms with E-state index in [1.165, 1.54) is 0 Å². The van der Waals surface area contributed by atoms with Crippen molar-refractivity contribution in [3.8, 4) is 5.75 Å². The smallest absolute Gasteiger partial charge is 0.258 e.